The first-order valence-corrected chi connectivity index (χ1v) is 8.25. The standard InChI is InChI=1S/C19H23F2N3O3/c1-22-19(23-11-13-6-4-5-7-16(13)27-18(20)21)24-12-14-8-9-15(25-2)10-17(14)26-3/h4-10,18H,11-12H2,1-3H3,(H2,22,23,24). The van der Waals surface area contributed by atoms with Crippen LogP contribution in [0.4, 0.5) is 8.78 Å². The first-order valence-electron chi connectivity index (χ1n) is 8.25. The number of alkyl halides is 2. The van der Waals surface area contributed by atoms with Crippen molar-refractivity contribution in [3.63, 3.8) is 0 Å². The molecular formula is C19H23F2N3O3. The van der Waals surface area contributed by atoms with Crippen molar-refractivity contribution in [3.05, 3.63) is 53.6 Å². The van der Waals surface area contributed by atoms with Crippen LogP contribution in [0.15, 0.2) is 47.5 Å². The van der Waals surface area contributed by atoms with Gasteiger partial charge in [0.1, 0.15) is 17.2 Å². The van der Waals surface area contributed by atoms with E-state index in [-0.39, 0.29) is 12.3 Å². The van der Waals surface area contributed by atoms with Crippen molar-refractivity contribution < 1.29 is 23.0 Å². The Hall–Kier alpha value is -3.03. The molecule has 0 spiro atoms. The summed E-state index contributed by atoms with van der Waals surface area (Å²) >= 11 is 0. The lowest BCUT2D eigenvalue weighted by Gasteiger charge is -2.16. The number of hydrogen-bond donors (Lipinski definition) is 2. The molecular weight excluding hydrogens is 356 g/mol. The van der Waals surface area contributed by atoms with Gasteiger partial charge in [-0.1, -0.05) is 18.2 Å². The van der Waals surface area contributed by atoms with Crippen LogP contribution in [0.2, 0.25) is 0 Å². The predicted molar refractivity (Wildman–Crippen MR) is 99.7 cm³/mol. The molecule has 8 heteroatoms. The average Bonchev–Trinajstić information content (AvgIpc) is 2.68. The molecule has 27 heavy (non-hydrogen) atoms. The lowest BCUT2D eigenvalue weighted by Crippen LogP contribution is -2.36. The van der Waals surface area contributed by atoms with Crippen LogP contribution in [0.1, 0.15) is 11.1 Å². The number of para-hydroxylation sites is 1. The van der Waals surface area contributed by atoms with Crippen LogP contribution in [0.3, 0.4) is 0 Å². The molecule has 0 heterocycles. The summed E-state index contributed by atoms with van der Waals surface area (Å²) in [6.45, 7) is -2.13. The Morgan fingerprint density at radius 2 is 1.63 bits per heavy atom. The van der Waals surface area contributed by atoms with Crippen LogP contribution < -0.4 is 24.8 Å². The summed E-state index contributed by atoms with van der Waals surface area (Å²) in [5, 5.41) is 6.24. The Balaban J connectivity index is 1.98. The van der Waals surface area contributed by atoms with E-state index in [0.717, 1.165) is 5.56 Å². The van der Waals surface area contributed by atoms with Gasteiger partial charge >= 0.3 is 6.61 Å². The number of methoxy groups -OCH3 is 2. The monoisotopic (exact) mass is 379 g/mol. The van der Waals surface area contributed by atoms with Crippen LogP contribution in [0.5, 0.6) is 17.2 Å². The maximum Gasteiger partial charge on any atom is 0.387 e. The Labute approximate surface area is 157 Å². The van der Waals surface area contributed by atoms with Gasteiger partial charge in [0.25, 0.3) is 0 Å². The second-order valence-electron chi connectivity index (χ2n) is 5.44. The van der Waals surface area contributed by atoms with E-state index in [9.17, 15) is 8.78 Å². The van der Waals surface area contributed by atoms with Gasteiger partial charge in [-0.25, -0.2) is 0 Å². The van der Waals surface area contributed by atoms with E-state index in [1.165, 1.54) is 6.07 Å². The molecule has 0 aliphatic carbocycles. The third-order valence-corrected chi connectivity index (χ3v) is 3.80. The van der Waals surface area contributed by atoms with Gasteiger partial charge in [0.15, 0.2) is 5.96 Å². The summed E-state index contributed by atoms with van der Waals surface area (Å²) in [6.07, 6.45) is 0. The molecule has 0 amide bonds. The minimum atomic E-state index is -2.87. The highest BCUT2D eigenvalue weighted by molar-refractivity contribution is 5.79. The first kappa shape index (κ1) is 20.3. The molecule has 0 unspecified atom stereocenters. The summed E-state index contributed by atoms with van der Waals surface area (Å²) in [6, 6.07) is 12.1. The normalized spacial score (nSPS) is 11.3. The summed E-state index contributed by atoms with van der Waals surface area (Å²) in [5.41, 5.74) is 1.52. The van der Waals surface area contributed by atoms with Crippen molar-refractivity contribution in [2.45, 2.75) is 19.7 Å². The van der Waals surface area contributed by atoms with Crippen molar-refractivity contribution >= 4 is 5.96 Å². The Morgan fingerprint density at radius 1 is 0.963 bits per heavy atom. The van der Waals surface area contributed by atoms with E-state index in [0.29, 0.717) is 29.6 Å². The summed E-state index contributed by atoms with van der Waals surface area (Å²) in [5.74, 6) is 2.04. The summed E-state index contributed by atoms with van der Waals surface area (Å²) in [4.78, 5) is 4.14. The number of aliphatic imine (C=N–C) groups is 1. The number of ether oxygens (including phenoxy) is 3. The minimum Gasteiger partial charge on any atom is -0.497 e. The molecule has 0 bridgehead atoms. The van der Waals surface area contributed by atoms with Gasteiger partial charge in [0.2, 0.25) is 0 Å². The molecule has 2 rings (SSSR count). The highest BCUT2D eigenvalue weighted by Crippen LogP contribution is 2.24. The molecule has 0 fully saturated rings. The molecule has 0 aliphatic rings. The number of hydrogen-bond acceptors (Lipinski definition) is 4. The van der Waals surface area contributed by atoms with Crippen molar-refractivity contribution in [1.82, 2.24) is 10.6 Å². The molecule has 0 radical (unpaired) electrons. The van der Waals surface area contributed by atoms with E-state index in [1.807, 2.05) is 12.1 Å². The van der Waals surface area contributed by atoms with Gasteiger partial charge in [0, 0.05) is 37.3 Å². The highest BCUT2D eigenvalue weighted by Gasteiger charge is 2.10. The van der Waals surface area contributed by atoms with Crippen LogP contribution in [-0.4, -0.2) is 33.8 Å². The lowest BCUT2D eigenvalue weighted by atomic mass is 10.2. The van der Waals surface area contributed by atoms with Gasteiger partial charge in [-0.2, -0.15) is 8.78 Å². The number of halogens is 2. The lowest BCUT2D eigenvalue weighted by molar-refractivity contribution is -0.0504. The van der Waals surface area contributed by atoms with Crippen molar-refractivity contribution in [2.24, 2.45) is 4.99 Å². The van der Waals surface area contributed by atoms with Gasteiger partial charge in [0.05, 0.1) is 14.2 Å². The fraction of sp³-hybridized carbons (Fsp3) is 0.316. The van der Waals surface area contributed by atoms with Gasteiger partial charge in [-0.3, -0.25) is 4.99 Å². The smallest absolute Gasteiger partial charge is 0.387 e. The highest BCUT2D eigenvalue weighted by atomic mass is 19.3. The largest absolute Gasteiger partial charge is 0.497 e. The Kier molecular flexibility index (Phi) is 7.66. The van der Waals surface area contributed by atoms with E-state index in [4.69, 9.17) is 9.47 Å². The molecule has 0 saturated heterocycles. The number of nitrogens with one attached hydrogen (secondary N) is 2. The Morgan fingerprint density at radius 3 is 2.22 bits per heavy atom. The maximum atomic E-state index is 12.5. The van der Waals surface area contributed by atoms with Crippen molar-refractivity contribution in [1.29, 1.82) is 0 Å². The van der Waals surface area contributed by atoms with Crippen LogP contribution in [0, 0.1) is 0 Å². The third-order valence-electron chi connectivity index (χ3n) is 3.80. The zero-order valence-corrected chi connectivity index (χ0v) is 15.5. The van der Waals surface area contributed by atoms with E-state index >= 15 is 0 Å². The molecule has 6 nitrogen and oxygen atoms in total. The fourth-order valence-electron chi connectivity index (χ4n) is 2.44. The topological polar surface area (TPSA) is 64.1 Å². The maximum absolute atomic E-state index is 12.5. The average molecular weight is 379 g/mol. The molecule has 2 aromatic carbocycles. The molecule has 0 saturated carbocycles. The molecule has 2 aromatic rings. The van der Waals surface area contributed by atoms with Gasteiger partial charge in [-0.15, -0.1) is 0 Å². The van der Waals surface area contributed by atoms with Crippen LogP contribution >= 0.6 is 0 Å². The quantitative estimate of drug-likeness (QED) is 0.545. The molecule has 0 aromatic heterocycles. The van der Waals surface area contributed by atoms with Crippen molar-refractivity contribution in [2.75, 3.05) is 21.3 Å². The van der Waals surface area contributed by atoms with Crippen LogP contribution in [0.25, 0.3) is 0 Å². The zero-order valence-electron chi connectivity index (χ0n) is 15.5. The SMILES string of the molecule is CN=C(NCc1ccc(OC)cc1OC)NCc1ccccc1OC(F)F. The number of benzene rings is 2. The molecule has 0 atom stereocenters. The van der Waals surface area contributed by atoms with E-state index < -0.39 is 6.61 Å². The van der Waals surface area contributed by atoms with Crippen molar-refractivity contribution in [3.8, 4) is 17.2 Å². The second kappa shape index (κ2) is 10.2. The van der Waals surface area contributed by atoms with Gasteiger partial charge < -0.3 is 24.8 Å². The predicted octanol–water partition coefficient (Wildman–Crippen LogP) is 3.17. The Bertz CT molecular complexity index is 770. The number of guanidine groups is 1. The molecule has 2 N–H and O–H groups in total. The summed E-state index contributed by atoms with van der Waals surface area (Å²) in [7, 11) is 4.81. The number of rotatable bonds is 8. The van der Waals surface area contributed by atoms with Gasteiger partial charge in [-0.05, 0) is 18.2 Å². The second-order valence-corrected chi connectivity index (χ2v) is 5.44. The molecule has 0 aliphatic heterocycles. The van der Waals surface area contributed by atoms with E-state index in [1.54, 1.807) is 45.5 Å². The third kappa shape index (κ3) is 6.02. The molecule has 146 valence electrons. The van der Waals surface area contributed by atoms with Crippen LogP contribution in [-0.2, 0) is 13.1 Å². The fourth-order valence-corrected chi connectivity index (χ4v) is 2.44. The van der Waals surface area contributed by atoms with E-state index in [2.05, 4.69) is 20.4 Å². The minimum absolute atomic E-state index is 0.132. The zero-order chi connectivity index (χ0) is 19.6. The number of nitrogens with zero attached hydrogens (tertiary/aromatic N) is 1. The summed E-state index contributed by atoms with van der Waals surface area (Å²) < 4.78 is 40.1. The first-order chi connectivity index (χ1) is 13.1.